The van der Waals surface area contributed by atoms with Gasteiger partial charge in [-0.15, -0.1) is 0 Å². The molecule has 2 nitrogen and oxygen atoms in total. The summed E-state index contributed by atoms with van der Waals surface area (Å²) in [5.74, 6) is 0.0868. The van der Waals surface area contributed by atoms with Crippen molar-refractivity contribution in [3.8, 4) is 0 Å². The maximum Gasteiger partial charge on any atom is 0.224 e. The van der Waals surface area contributed by atoms with E-state index in [0.29, 0.717) is 5.02 Å². The first-order valence-corrected chi connectivity index (χ1v) is 8.79. The highest BCUT2D eigenvalue weighted by molar-refractivity contribution is 6.30. The first-order valence-electron chi connectivity index (χ1n) is 8.41. The lowest BCUT2D eigenvalue weighted by Crippen LogP contribution is -2.51. The van der Waals surface area contributed by atoms with E-state index in [0.717, 1.165) is 36.8 Å². The number of hydrogen-bond donors (Lipinski definition) is 1. The highest BCUT2D eigenvalue weighted by Crippen LogP contribution is 2.49. The lowest BCUT2D eigenvalue weighted by Gasteiger charge is -2.43. The third-order valence-electron chi connectivity index (χ3n) is 5.39. The third-order valence-corrected chi connectivity index (χ3v) is 5.64. The fourth-order valence-corrected chi connectivity index (χ4v) is 3.80. The van der Waals surface area contributed by atoms with Crippen LogP contribution in [0.15, 0.2) is 48.5 Å². The molecule has 2 aliphatic rings. The van der Waals surface area contributed by atoms with E-state index in [9.17, 15) is 9.18 Å². The second kappa shape index (κ2) is 5.89. The zero-order chi connectivity index (χ0) is 16.7. The Morgan fingerprint density at radius 1 is 1.08 bits per heavy atom. The Kier molecular flexibility index (Phi) is 3.84. The normalized spacial score (nSPS) is 24.1. The molecule has 4 heteroatoms. The van der Waals surface area contributed by atoms with Crippen molar-refractivity contribution in [2.45, 2.75) is 37.1 Å². The fourth-order valence-electron chi connectivity index (χ4n) is 3.68. The molecular weight excluding hydrogens is 325 g/mol. The molecule has 0 bridgehead atoms. The number of benzene rings is 2. The van der Waals surface area contributed by atoms with Crippen molar-refractivity contribution < 1.29 is 9.18 Å². The van der Waals surface area contributed by atoms with Crippen LogP contribution < -0.4 is 5.32 Å². The molecule has 124 valence electrons. The first-order chi connectivity index (χ1) is 11.6. The molecule has 0 saturated heterocycles. The molecule has 2 fully saturated rings. The topological polar surface area (TPSA) is 29.1 Å². The Morgan fingerprint density at radius 2 is 1.75 bits per heavy atom. The van der Waals surface area contributed by atoms with Crippen LogP contribution >= 0.6 is 11.6 Å². The molecule has 4 rings (SSSR count). The van der Waals surface area contributed by atoms with Gasteiger partial charge in [0.05, 0.1) is 5.54 Å². The summed E-state index contributed by atoms with van der Waals surface area (Å²) in [5.41, 5.74) is 1.94. The highest BCUT2D eigenvalue weighted by Gasteiger charge is 2.48. The molecule has 1 amide bonds. The molecule has 2 atom stereocenters. The Morgan fingerprint density at radius 3 is 2.33 bits per heavy atom. The van der Waals surface area contributed by atoms with Crippen LogP contribution in [0.4, 0.5) is 4.39 Å². The molecular formula is C20H19ClFNO. The van der Waals surface area contributed by atoms with Gasteiger partial charge in [0.15, 0.2) is 0 Å². The van der Waals surface area contributed by atoms with E-state index in [2.05, 4.69) is 5.32 Å². The largest absolute Gasteiger partial charge is 0.346 e. The van der Waals surface area contributed by atoms with E-state index in [1.54, 1.807) is 12.1 Å². The van der Waals surface area contributed by atoms with E-state index in [1.165, 1.54) is 12.1 Å². The number of rotatable bonds is 4. The van der Waals surface area contributed by atoms with Gasteiger partial charge < -0.3 is 5.32 Å². The molecule has 0 aliphatic heterocycles. The Labute approximate surface area is 146 Å². The van der Waals surface area contributed by atoms with Gasteiger partial charge in [-0.05, 0) is 67.0 Å². The maximum atomic E-state index is 13.0. The summed E-state index contributed by atoms with van der Waals surface area (Å²) >= 11 is 5.97. The Hall–Kier alpha value is -1.87. The zero-order valence-corrected chi connectivity index (χ0v) is 14.0. The standard InChI is InChI=1S/C20H19ClFNO/c21-15-6-4-14(5-7-15)20(10-1-11-20)23-19(24)18-12-17(18)13-2-8-16(22)9-3-13/h2-9,17-18H,1,10-12H2,(H,23,24). The molecule has 0 spiro atoms. The molecule has 24 heavy (non-hydrogen) atoms. The van der Waals surface area contributed by atoms with Crippen molar-refractivity contribution in [3.63, 3.8) is 0 Å². The third kappa shape index (κ3) is 2.82. The predicted molar refractivity (Wildman–Crippen MR) is 92.4 cm³/mol. The van der Waals surface area contributed by atoms with Gasteiger partial charge in [0.2, 0.25) is 5.91 Å². The lowest BCUT2D eigenvalue weighted by molar-refractivity contribution is -0.125. The maximum absolute atomic E-state index is 13.0. The van der Waals surface area contributed by atoms with Crippen LogP contribution in [0.2, 0.25) is 5.02 Å². The van der Waals surface area contributed by atoms with Crippen LogP contribution in [0, 0.1) is 11.7 Å². The van der Waals surface area contributed by atoms with Gasteiger partial charge in [-0.2, -0.15) is 0 Å². The molecule has 1 N–H and O–H groups in total. The van der Waals surface area contributed by atoms with E-state index in [1.807, 2.05) is 24.3 Å². The predicted octanol–water partition coefficient (Wildman–Crippen LogP) is 4.78. The molecule has 0 radical (unpaired) electrons. The minimum atomic E-state index is -0.239. The summed E-state index contributed by atoms with van der Waals surface area (Å²) in [6.07, 6.45) is 3.89. The monoisotopic (exact) mass is 343 g/mol. The van der Waals surface area contributed by atoms with Gasteiger partial charge in [-0.3, -0.25) is 4.79 Å². The second-order valence-corrected chi connectivity index (χ2v) is 7.37. The summed E-state index contributed by atoms with van der Waals surface area (Å²) < 4.78 is 13.0. The quantitative estimate of drug-likeness (QED) is 0.850. The fraction of sp³-hybridized carbons (Fsp3) is 0.350. The molecule has 2 saturated carbocycles. The molecule has 2 aromatic carbocycles. The van der Waals surface area contributed by atoms with Gasteiger partial charge in [0, 0.05) is 10.9 Å². The van der Waals surface area contributed by atoms with Crippen molar-refractivity contribution >= 4 is 17.5 Å². The summed E-state index contributed by atoms with van der Waals surface area (Å²) in [7, 11) is 0. The van der Waals surface area contributed by atoms with Crippen LogP contribution in [0.3, 0.4) is 0 Å². The smallest absolute Gasteiger partial charge is 0.224 e. The molecule has 2 aromatic rings. The number of hydrogen-bond acceptors (Lipinski definition) is 1. The first kappa shape index (κ1) is 15.6. The van der Waals surface area contributed by atoms with Crippen molar-refractivity contribution in [1.29, 1.82) is 0 Å². The lowest BCUT2D eigenvalue weighted by atomic mass is 9.71. The number of amides is 1. The van der Waals surface area contributed by atoms with Gasteiger partial charge in [0.1, 0.15) is 5.82 Å². The van der Waals surface area contributed by atoms with Gasteiger partial charge in [-0.25, -0.2) is 4.39 Å². The van der Waals surface area contributed by atoms with Crippen LogP contribution in [0.25, 0.3) is 0 Å². The van der Waals surface area contributed by atoms with Gasteiger partial charge >= 0.3 is 0 Å². The Balaban J connectivity index is 1.46. The number of carbonyl (C=O) groups excluding carboxylic acids is 1. The summed E-state index contributed by atoms with van der Waals surface area (Å²) in [5, 5.41) is 3.99. The highest BCUT2D eigenvalue weighted by atomic mass is 35.5. The minimum absolute atomic E-state index is 0.000219. The van der Waals surface area contributed by atoms with Crippen LogP contribution in [0.1, 0.15) is 42.7 Å². The Bertz CT molecular complexity index is 752. The van der Waals surface area contributed by atoms with Crippen LogP contribution in [0.5, 0.6) is 0 Å². The molecule has 0 aromatic heterocycles. The summed E-state index contributed by atoms with van der Waals surface area (Å²) in [6.45, 7) is 0. The molecule has 2 unspecified atom stereocenters. The average Bonchev–Trinajstić information content (AvgIpc) is 3.33. The average molecular weight is 344 g/mol. The molecule has 0 heterocycles. The van der Waals surface area contributed by atoms with Crippen LogP contribution in [-0.2, 0) is 10.3 Å². The zero-order valence-electron chi connectivity index (χ0n) is 13.3. The van der Waals surface area contributed by atoms with E-state index in [-0.39, 0.29) is 29.1 Å². The van der Waals surface area contributed by atoms with Gasteiger partial charge in [0.25, 0.3) is 0 Å². The SMILES string of the molecule is O=C(NC1(c2ccc(Cl)cc2)CCC1)C1CC1c1ccc(F)cc1. The number of halogens is 2. The second-order valence-electron chi connectivity index (χ2n) is 6.93. The summed E-state index contributed by atoms with van der Waals surface area (Å²) in [4.78, 5) is 12.7. The van der Waals surface area contributed by atoms with Crippen molar-refractivity contribution in [3.05, 3.63) is 70.5 Å². The number of nitrogens with one attached hydrogen (secondary N) is 1. The van der Waals surface area contributed by atoms with Crippen molar-refractivity contribution in [2.24, 2.45) is 5.92 Å². The van der Waals surface area contributed by atoms with E-state index < -0.39 is 0 Å². The van der Waals surface area contributed by atoms with Crippen LogP contribution in [-0.4, -0.2) is 5.91 Å². The van der Waals surface area contributed by atoms with Gasteiger partial charge in [-0.1, -0.05) is 35.9 Å². The van der Waals surface area contributed by atoms with Crippen molar-refractivity contribution in [2.75, 3.05) is 0 Å². The number of carbonyl (C=O) groups is 1. The molecule has 2 aliphatic carbocycles. The minimum Gasteiger partial charge on any atom is -0.346 e. The van der Waals surface area contributed by atoms with E-state index >= 15 is 0 Å². The van der Waals surface area contributed by atoms with Crippen molar-refractivity contribution in [1.82, 2.24) is 5.32 Å². The summed E-state index contributed by atoms with van der Waals surface area (Å²) in [6, 6.07) is 14.3. The van der Waals surface area contributed by atoms with E-state index in [4.69, 9.17) is 11.6 Å².